The number of hydrogen-bond donors (Lipinski definition) is 0. The average Bonchev–Trinajstić information content (AvgIpc) is 2.78. The number of rotatable bonds is 4. The highest BCUT2D eigenvalue weighted by Crippen LogP contribution is 2.22. The lowest BCUT2D eigenvalue weighted by atomic mass is 10.0. The van der Waals surface area contributed by atoms with Gasteiger partial charge in [0.15, 0.2) is 0 Å². The van der Waals surface area contributed by atoms with Gasteiger partial charge in [0, 0.05) is 31.7 Å². The SMILES string of the molecule is CCc1ccc(S(=O)(=O)N2CCN(C(=O)c3cccc4ccccc34)CC2)cc1. The van der Waals surface area contributed by atoms with Gasteiger partial charge in [-0.05, 0) is 41.0 Å². The fraction of sp³-hybridized carbons (Fsp3) is 0.261. The maximum absolute atomic E-state index is 13.1. The molecule has 3 aromatic carbocycles. The Morgan fingerprint density at radius 3 is 2.21 bits per heavy atom. The standard InChI is InChI=1S/C23H24N2O3S/c1-2-18-10-12-20(13-11-18)29(27,28)25-16-14-24(15-17-25)23(26)22-9-5-7-19-6-3-4-8-21(19)22/h3-13H,2,14-17H2,1H3. The van der Waals surface area contributed by atoms with E-state index in [1.54, 1.807) is 17.0 Å². The summed E-state index contributed by atoms with van der Waals surface area (Å²) >= 11 is 0. The Morgan fingerprint density at radius 1 is 0.862 bits per heavy atom. The molecule has 1 amide bonds. The smallest absolute Gasteiger partial charge is 0.254 e. The highest BCUT2D eigenvalue weighted by atomic mass is 32.2. The molecular weight excluding hydrogens is 384 g/mol. The number of piperazine rings is 1. The van der Waals surface area contributed by atoms with E-state index in [0.29, 0.717) is 36.6 Å². The van der Waals surface area contributed by atoms with Crippen molar-refractivity contribution in [1.29, 1.82) is 0 Å². The summed E-state index contributed by atoms with van der Waals surface area (Å²) in [7, 11) is -3.54. The van der Waals surface area contributed by atoms with Crippen molar-refractivity contribution in [2.75, 3.05) is 26.2 Å². The Kier molecular flexibility index (Phi) is 5.39. The van der Waals surface area contributed by atoms with Crippen LogP contribution in [0.3, 0.4) is 0 Å². The van der Waals surface area contributed by atoms with E-state index < -0.39 is 10.0 Å². The summed E-state index contributed by atoms with van der Waals surface area (Å²) in [5.74, 6) is -0.0499. The molecule has 0 aromatic heterocycles. The number of aryl methyl sites for hydroxylation is 1. The monoisotopic (exact) mass is 408 g/mol. The molecule has 6 heteroatoms. The number of hydrogen-bond acceptors (Lipinski definition) is 3. The maximum Gasteiger partial charge on any atom is 0.254 e. The number of fused-ring (bicyclic) bond motifs is 1. The summed E-state index contributed by atoms with van der Waals surface area (Å²) in [6.45, 7) is 3.40. The van der Waals surface area contributed by atoms with Gasteiger partial charge in [0.2, 0.25) is 10.0 Å². The van der Waals surface area contributed by atoms with E-state index in [1.165, 1.54) is 4.31 Å². The van der Waals surface area contributed by atoms with Crippen molar-refractivity contribution in [2.45, 2.75) is 18.2 Å². The van der Waals surface area contributed by atoms with Crippen LogP contribution >= 0.6 is 0 Å². The second-order valence-electron chi connectivity index (χ2n) is 7.22. The Bertz CT molecular complexity index is 1130. The normalized spacial score (nSPS) is 15.6. The van der Waals surface area contributed by atoms with Crippen molar-refractivity contribution in [3.63, 3.8) is 0 Å². The number of carbonyl (C=O) groups excluding carboxylic acids is 1. The molecule has 1 aliphatic rings. The van der Waals surface area contributed by atoms with Gasteiger partial charge < -0.3 is 4.90 Å². The largest absolute Gasteiger partial charge is 0.336 e. The van der Waals surface area contributed by atoms with Crippen molar-refractivity contribution in [2.24, 2.45) is 0 Å². The molecule has 3 aromatic rings. The minimum absolute atomic E-state index is 0.0499. The van der Waals surface area contributed by atoms with Crippen LogP contribution in [0.1, 0.15) is 22.8 Å². The van der Waals surface area contributed by atoms with Crippen molar-refractivity contribution in [1.82, 2.24) is 9.21 Å². The van der Waals surface area contributed by atoms with Gasteiger partial charge in [-0.1, -0.05) is 55.5 Å². The first-order valence-corrected chi connectivity index (χ1v) is 11.3. The van der Waals surface area contributed by atoms with Crippen LogP contribution in [0.5, 0.6) is 0 Å². The molecule has 0 spiro atoms. The molecule has 29 heavy (non-hydrogen) atoms. The molecule has 4 rings (SSSR count). The van der Waals surface area contributed by atoms with Gasteiger partial charge in [-0.2, -0.15) is 4.31 Å². The first-order valence-electron chi connectivity index (χ1n) is 9.87. The topological polar surface area (TPSA) is 57.7 Å². The van der Waals surface area contributed by atoms with Gasteiger partial charge in [-0.15, -0.1) is 0 Å². The minimum Gasteiger partial charge on any atom is -0.336 e. The Morgan fingerprint density at radius 2 is 1.52 bits per heavy atom. The summed E-state index contributed by atoms with van der Waals surface area (Å²) < 4.78 is 27.3. The lowest BCUT2D eigenvalue weighted by molar-refractivity contribution is 0.0700. The zero-order chi connectivity index (χ0) is 20.4. The molecule has 0 aliphatic carbocycles. The van der Waals surface area contributed by atoms with E-state index in [1.807, 2.05) is 61.5 Å². The second-order valence-corrected chi connectivity index (χ2v) is 9.16. The third kappa shape index (κ3) is 3.78. The Hall–Kier alpha value is -2.70. The van der Waals surface area contributed by atoms with Crippen molar-refractivity contribution >= 4 is 26.7 Å². The highest BCUT2D eigenvalue weighted by molar-refractivity contribution is 7.89. The molecule has 0 N–H and O–H groups in total. The molecule has 1 fully saturated rings. The first kappa shape index (κ1) is 19.6. The lowest BCUT2D eigenvalue weighted by Crippen LogP contribution is -2.50. The molecule has 1 aliphatic heterocycles. The molecule has 0 bridgehead atoms. The quantitative estimate of drug-likeness (QED) is 0.663. The van der Waals surface area contributed by atoms with E-state index in [4.69, 9.17) is 0 Å². The summed E-state index contributed by atoms with van der Waals surface area (Å²) in [5.41, 5.74) is 1.77. The van der Waals surface area contributed by atoms with Crippen LogP contribution in [0.15, 0.2) is 71.6 Å². The number of carbonyl (C=O) groups is 1. The molecular formula is C23H24N2O3S. The van der Waals surface area contributed by atoms with E-state index in [9.17, 15) is 13.2 Å². The van der Waals surface area contributed by atoms with E-state index in [0.717, 1.165) is 22.8 Å². The summed E-state index contributed by atoms with van der Waals surface area (Å²) in [5, 5.41) is 1.95. The zero-order valence-corrected chi connectivity index (χ0v) is 17.2. The molecule has 1 heterocycles. The van der Waals surface area contributed by atoms with Crippen LogP contribution in [0.2, 0.25) is 0 Å². The van der Waals surface area contributed by atoms with Gasteiger partial charge in [0.1, 0.15) is 0 Å². The molecule has 150 valence electrons. The fourth-order valence-electron chi connectivity index (χ4n) is 3.76. The minimum atomic E-state index is -3.54. The predicted molar refractivity (Wildman–Crippen MR) is 114 cm³/mol. The maximum atomic E-state index is 13.1. The van der Waals surface area contributed by atoms with E-state index >= 15 is 0 Å². The van der Waals surface area contributed by atoms with Crippen LogP contribution < -0.4 is 0 Å². The highest BCUT2D eigenvalue weighted by Gasteiger charge is 2.30. The molecule has 0 atom stereocenters. The number of benzene rings is 3. The van der Waals surface area contributed by atoms with E-state index in [-0.39, 0.29) is 5.91 Å². The molecule has 0 saturated carbocycles. The predicted octanol–water partition coefficient (Wildman–Crippen LogP) is 3.55. The number of amides is 1. The van der Waals surface area contributed by atoms with Gasteiger partial charge in [0.25, 0.3) is 5.91 Å². The summed E-state index contributed by atoms with van der Waals surface area (Å²) in [6, 6.07) is 20.6. The van der Waals surface area contributed by atoms with Crippen molar-refractivity contribution in [3.05, 3.63) is 77.9 Å². The molecule has 5 nitrogen and oxygen atoms in total. The van der Waals surface area contributed by atoms with Crippen LogP contribution in [0.25, 0.3) is 10.8 Å². The Labute approximate surface area is 171 Å². The summed E-state index contributed by atoms with van der Waals surface area (Å²) in [6.07, 6.45) is 0.870. The Balaban J connectivity index is 1.49. The second kappa shape index (κ2) is 7.97. The van der Waals surface area contributed by atoms with Crippen LogP contribution in [0, 0.1) is 0 Å². The number of sulfonamides is 1. The number of nitrogens with zero attached hydrogens (tertiary/aromatic N) is 2. The third-order valence-electron chi connectivity index (χ3n) is 5.52. The van der Waals surface area contributed by atoms with Crippen molar-refractivity contribution < 1.29 is 13.2 Å². The van der Waals surface area contributed by atoms with Gasteiger partial charge >= 0.3 is 0 Å². The van der Waals surface area contributed by atoms with Crippen molar-refractivity contribution in [3.8, 4) is 0 Å². The summed E-state index contributed by atoms with van der Waals surface area (Å²) in [4.78, 5) is 15.1. The molecule has 0 radical (unpaired) electrons. The lowest BCUT2D eigenvalue weighted by Gasteiger charge is -2.34. The van der Waals surface area contributed by atoms with E-state index in [2.05, 4.69) is 0 Å². The van der Waals surface area contributed by atoms with Crippen LogP contribution in [-0.4, -0.2) is 49.7 Å². The third-order valence-corrected chi connectivity index (χ3v) is 7.43. The van der Waals surface area contributed by atoms with Gasteiger partial charge in [-0.3, -0.25) is 4.79 Å². The zero-order valence-electron chi connectivity index (χ0n) is 16.4. The van der Waals surface area contributed by atoms with Crippen LogP contribution in [-0.2, 0) is 16.4 Å². The molecule has 1 saturated heterocycles. The van der Waals surface area contributed by atoms with Crippen LogP contribution in [0.4, 0.5) is 0 Å². The van der Waals surface area contributed by atoms with Gasteiger partial charge in [0.05, 0.1) is 4.90 Å². The first-order chi connectivity index (χ1) is 14.0. The average molecular weight is 409 g/mol. The van der Waals surface area contributed by atoms with Gasteiger partial charge in [-0.25, -0.2) is 8.42 Å². The molecule has 0 unspecified atom stereocenters. The fourth-order valence-corrected chi connectivity index (χ4v) is 5.18.